The summed E-state index contributed by atoms with van der Waals surface area (Å²) in [6.45, 7) is 5.82. The van der Waals surface area contributed by atoms with Gasteiger partial charge in [-0.05, 0) is 48.9 Å². The van der Waals surface area contributed by atoms with Gasteiger partial charge in [0.05, 0.1) is 5.69 Å². The second kappa shape index (κ2) is 10.5. The summed E-state index contributed by atoms with van der Waals surface area (Å²) < 4.78 is 0. The van der Waals surface area contributed by atoms with Gasteiger partial charge in [-0.25, -0.2) is 0 Å². The van der Waals surface area contributed by atoms with Crippen LogP contribution in [0.1, 0.15) is 49.5 Å². The first kappa shape index (κ1) is 24.7. The lowest BCUT2D eigenvalue weighted by atomic mass is 10.1. The van der Waals surface area contributed by atoms with E-state index in [0.717, 1.165) is 22.8 Å². The standard InChI is InChI=1S/C28H30ClN3O3/c1-4-18(3)30-27(34)23(5-2)31(16-20-10-6-7-14-22(20)29)25(33)17-32-24-15-9-12-19-11-8-13-21(26(19)24)28(32)35/h6-15,18,23H,4-5,16-17H2,1-3H3,(H,30,34)/t18-,23-/m0/s1. The van der Waals surface area contributed by atoms with Crippen molar-refractivity contribution >= 4 is 45.8 Å². The maximum absolute atomic E-state index is 13.8. The topological polar surface area (TPSA) is 69.7 Å². The Kier molecular flexibility index (Phi) is 7.41. The minimum Gasteiger partial charge on any atom is -0.352 e. The lowest BCUT2D eigenvalue weighted by Crippen LogP contribution is -2.53. The fourth-order valence-electron chi connectivity index (χ4n) is 4.53. The zero-order chi connectivity index (χ0) is 25.1. The summed E-state index contributed by atoms with van der Waals surface area (Å²) in [4.78, 5) is 43.3. The van der Waals surface area contributed by atoms with E-state index in [2.05, 4.69) is 5.32 Å². The Bertz CT molecular complexity index is 1270. The number of hydrogen-bond acceptors (Lipinski definition) is 3. The van der Waals surface area contributed by atoms with Gasteiger partial charge in [0.15, 0.2) is 0 Å². The summed E-state index contributed by atoms with van der Waals surface area (Å²) >= 11 is 6.41. The number of halogens is 1. The van der Waals surface area contributed by atoms with Gasteiger partial charge >= 0.3 is 0 Å². The Morgan fingerprint density at radius 3 is 2.40 bits per heavy atom. The highest BCUT2D eigenvalue weighted by Gasteiger charge is 2.35. The largest absolute Gasteiger partial charge is 0.352 e. The molecule has 1 aliphatic heterocycles. The van der Waals surface area contributed by atoms with Crippen LogP contribution in [-0.2, 0) is 16.1 Å². The van der Waals surface area contributed by atoms with E-state index in [-0.39, 0.29) is 36.9 Å². The van der Waals surface area contributed by atoms with Crippen LogP contribution >= 0.6 is 11.6 Å². The molecule has 7 heteroatoms. The molecule has 3 aromatic rings. The Labute approximate surface area is 210 Å². The van der Waals surface area contributed by atoms with Gasteiger partial charge in [-0.1, -0.05) is 67.9 Å². The van der Waals surface area contributed by atoms with Gasteiger partial charge in [0.25, 0.3) is 5.91 Å². The molecule has 3 aromatic carbocycles. The first-order valence-corrected chi connectivity index (χ1v) is 12.4. The second-order valence-electron chi connectivity index (χ2n) is 8.93. The van der Waals surface area contributed by atoms with Crippen LogP contribution in [0, 0.1) is 0 Å². The normalized spacial score (nSPS) is 14.2. The molecule has 0 saturated carbocycles. The minimum absolute atomic E-state index is 0.0129. The summed E-state index contributed by atoms with van der Waals surface area (Å²) in [5, 5.41) is 5.34. The van der Waals surface area contributed by atoms with Crippen LogP contribution in [-0.4, -0.2) is 41.2 Å². The summed E-state index contributed by atoms with van der Waals surface area (Å²) in [6.07, 6.45) is 1.22. The van der Waals surface area contributed by atoms with Crippen LogP contribution in [0.5, 0.6) is 0 Å². The summed E-state index contributed by atoms with van der Waals surface area (Å²) in [5.74, 6) is -0.727. The summed E-state index contributed by atoms with van der Waals surface area (Å²) in [6, 6.07) is 17.9. The lowest BCUT2D eigenvalue weighted by Gasteiger charge is -2.33. The molecule has 0 saturated heterocycles. The minimum atomic E-state index is -0.691. The summed E-state index contributed by atoms with van der Waals surface area (Å²) in [5.41, 5.74) is 2.05. The lowest BCUT2D eigenvalue weighted by molar-refractivity contribution is -0.140. The van der Waals surface area contributed by atoms with Crippen molar-refractivity contribution in [1.29, 1.82) is 0 Å². The Morgan fingerprint density at radius 2 is 1.71 bits per heavy atom. The molecule has 0 unspecified atom stereocenters. The zero-order valence-electron chi connectivity index (χ0n) is 20.3. The molecular weight excluding hydrogens is 462 g/mol. The molecule has 1 aliphatic rings. The van der Waals surface area contributed by atoms with Crippen LogP contribution in [0.3, 0.4) is 0 Å². The third kappa shape index (κ3) is 4.89. The maximum atomic E-state index is 13.8. The van der Waals surface area contributed by atoms with Crippen molar-refractivity contribution in [3.8, 4) is 0 Å². The van der Waals surface area contributed by atoms with E-state index in [4.69, 9.17) is 11.6 Å². The molecule has 35 heavy (non-hydrogen) atoms. The van der Waals surface area contributed by atoms with Gasteiger partial charge in [-0.3, -0.25) is 19.3 Å². The van der Waals surface area contributed by atoms with E-state index in [1.54, 1.807) is 17.0 Å². The van der Waals surface area contributed by atoms with Gasteiger partial charge in [0, 0.05) is 28.6 Å². The number of carbonyl (C=O) groups is 3. The van der Waals surface area contributed by atoms with Crippen molar-refractivity contribution in [2.75, 3.05) is 11.4 Å². The van der Waals surface area contributed by atoms with Crippen molar-refractivity contribution in [3.63, 3.8) is 0 Å². The number of nitrogens with one attached hydrogen (secondary N) is 1. The van der Waals surface area contributed by atoms with Crippen molar-refractivity contribution < 1.29 is 14.4 Å². The van der Waals surface area contributed by atoms with E-state index >= 15 is 0 Å². The third-order valence-corrected chi connectivity index (χ3v) is 7.00. The Morgan fingerprint density at radius 1 is 1.00 bits per heavy atom. The first-order chi connectivity index (χ1) is 16.8. The number of carbonyl (C=O) groups excluding carboxylic acids is 3. The van der Waals surface area contributed by atoms with Crippen molar-refractivity contribution in [2.45, 2.75) is 52.2 Å². The smallest absolute Gasteiger partial charge is 0.259 e. The zero-order valence-corrected chi connectivity index (χ0v) is 21.0. The van der Waals surface area contributed by atoms with Crippen LogP contribution in [0.15, 0.2) is 60.7 Å². The molecule has 2 atom stereocenters. The van der Waals surface area contributed by atoms with E-state index in [0.29, 0.717) is 22.7 Å². The fourth-order valence-corrected chi connectivity index (χ4v) is 4.73. The van der Waals surface area contributed by atoms with Gasteiger partial charge in [0.1, 0.15) is 12.6 Å². The fraction of sp³-hybridized carbons (Fsp3) is 0.321. The van der Waals surface area contributed by atoms with E-state index in [9.17, 15) is 14.4 Å². The molecule has 1 N–H and O–H groups in total. The molecule has 0 bridgehead atoms. The molecule has 4 rings (SSSR count). The molecule has 6 nitrogen and oxygen atoms in total. The predicted molar refractivity (Wildman–Crippen MR) is 140 cm³/mol. The number of amides is 3. The van der Waals surface area contributed by atoms with E-state index in [1.807, 2.05) is 69.3 Å². The molecule has 182 valence electrons. The predicted octanol–water partition coefficient (Wildman–Crippen LogP) is 5.18. The first-order valence-electron chi connectivity index (χ1n) is 12.0. The van der Waals surface area contributed by atoms with Crippen LogP contribution < -0.4 is 10.2 Å². The quantitative estimate of drug-likeness (QED) is 0.448. The number of anilines is 1. The van der Waals surface area contributed by atoms with Crippen molar-refractivity contribution in [3.05, 3.63) is 76.8 Å². The average Bonchev–Trinajstić information content (AvgIpc) is 3.12. The summed E-state index contributed by atoms with van der Waals surface area (Å²) in [7, 11) is 0. The number of benzene rings is 3. The highest BCUT2D eigenvalue weighted by molar-refractivity contribution is 6.31. The second-order valence-corrected chi connectivity index (χ2v) is 9.33. The number of hydrogen-bond donors (Lipinski definition) is 1. The number of rotatable bonds is 9. The Hall–Kier alpha value is -3.38. The molecule has 0 spiro atoms. The van der Waals surface area contributed by atoms with Gasteiger partial charge in [0.2, 0.25) is 11.8 Å². The van der Waals surface area contributed by atoms with Crippen LogP contribution in [0.25, 0.3) is 10.8 Å². The van der Waals surface area contributed by atoms with Crippen LogP contribution in [0.2, 0.25) is 5.02 Å². The monoisotopic (exact) mass is 491 g/mol. The number of nitrogens with zero attached hydrogens (tertiary/aromatic N) is 2. The van der Waals surface area contributed by atoms with Crippen molar-refractivity contribution in [1.82, 2.24) is 10.2 Å². The maximum Gasteiger partial charge on any atom is 0.259 e. The average molecular weight is 492 g/mol. The Balaban J connectivity index is 1.66. The molecule has 0 radical (unpaired) electrons. The molecule has 0 aliphatic carbocycles. The van der Waals surface area contributed by atoms with Crippen LogP contribution in [0.4, 0.5) is 5.69 Å². The highest BCUT2D eigenvalue weighted by Crippen LogP contribution is 2.37. The molecule has 3 amide bonds. The molecule has 0 fully saturated rings. The van der Waals surface area contributed by atoms with Crippen molar-refractivity contribution in [2.24, 2.45) is 0 Å². The molecule has 0 aromatic heterocycles. The SMILES string of the molecule is CC[C@H](C)NC(=O)[C@H](CC)N(Cc1ccccc1Cl)C(=O)CN1C(=O)c2cccc3cccc1c23. The third-order valence-electron chi connectivity index (χ3n) is 6.63. The van der Waals surface area contributed by atoms with Gasteiger partial charge < -0.3 is 10.2 Å². The van der Waals surface area contributed by atoms with Gasteiger partial charge in [-0.15, -0.1) is 0 Å². The highest BCUT2D eigenvalue weighted by atomic mass is 35.5. The molecule has 1 heterocycles. The van der Waals surface area contributed by atoms with E-state index < -0.39 is 6.04 Å². The van der Waals surface area contributed by atoms with E-state index in [1.165, 1.54) is 4.90 Å². The van der Waals surface area contributed by atoms with Gasteiger partial charge in [-0.2, -0.15) is 0 Å². The molecular formula is C28H30ClN3O3.